The lowest BCUT2D eigenvalue weighted by molar-refractivity contribution is -0.120. The fourth-order valence-electron chi connectivity index (χ4n) is 1.92. The SMILES string of the molecule is CN(CCNC(=O)CNC(=O)c1ccc(Br)o1)c1ccccc1. The lowest BCUT2D eigenvalue weighted by atomic mass is 10.3. The van der Waals surface area contributed by atoms with Crippen molar-refractivity contribution in [2.75, 3.05) is 31.6 Å². The predicted octanol–water partition coefficient (Wildman–Crippen LogP) is 2.02. The summed E-state index contributed by atoms with van der Waals surface area (Å²) in [6.45, 7) is 1.08. The van der Waals surface area contributed by atoms with Gasteiger partial charge in [0.1, 0.15) is 0 Å². The van der Waals surface area contributed by atoms with E-state index in [1.165, 1.54) is 6.07 Å². The van der Waals surface area contributed by atoms with E-state index in [1.807, 2.05) is 42.3 Å². The van der Waals surface area contributed by atoms with Gasteiger partial charge in [-0.15, -0.1) is 0 Å². The zero-order chi connectivity index (χ0) is 16.7. The van der Waals surface area contributed by atoms with E-state index in [2.05, 4.69) is 26.6 Å². The van der Waals surface area contributed by atoms with E-state index in [1.54, 1.807) is 6.07 Å². The van der Waals surface area contributed by atoms with Crippen molar-refractivity contribution in [3.8, 4) is 0 Å². The number of carbonyl (C=O) groups excluding carboxylic acids is 2. The minimum Gasteiger partial charge on any atom is -0.444 e. The van der Waals surface area contributed by atoms with E-state index in [-0.39, 0.29) is 18.2 Å². The molecular weight excluding hydrogens is 362 g/mol. The van der Waals surface area contributed by atoms with E-state index >= 15 is 0 Å². The molecule has 0 aliphatic heterocycles. The van der Waals surface area contributed by atoms with Crippen LogP contribution < -0.4 is 15.5 Å². The highest BCUT2D eigenvalue weighted by molar-refractivity contribution is 9.10. The Morgan fingerprint density at radius 3 is 2.52 bits per heavy atom. The van der Waals surface area contributed by atoms with Gasteiger partial charge in [-0.1, -0.05) is 18.2 Å². The zero-order valence-electron chi connectivity index (χ0n) is 12.7. The van der Waals surface area contributed by atoms with Crippen molar-refractivity contribution < 1.29 is 14.0 Å². The third-order valence-corrected chi connectivity index (χ3v) is 3.60. The summed E-state index contributed by atoms with van der Waals surface area (Å²) in [6.07, 6.45) is 0. The Labute approximate surface area is 143 Å². The van der Waals surface area contributed by atoms with Gasteiger partial charge >= 0.3 is 0 Å². The standard InChI is InChI=1S/C16H18BrN3O3/c1-20(12-5-3-2-4-6-12)10-9-18-15(21)11-19-16(22)13-7-8-14(17)23-13/h2-8H,9-11H2,1H3,(H,18,21)(H,19,22). The van der Waals surface area contributed by atoms with Crippen LogP contribution in [0.3, 0.4) is 0 Å². The molecule has 23 heavy (non-hydrogen) atoms. The molecular formula is C16H18BrN3O3. The summed E-state index contributed by atoms with van der Waals surface area (Å²) in [5.74, 6) is -0.508. The van der Waals surface area contributed by atoms with Gasteiger partial charge in [0.15, 0.2) is 10.4 Å². The van der Waals surface area contributed by atoms with Crippen molar-refractivity contribution in [3.63, 3.8) is 0 Å². The molecule has 0 radical (unpaired) electrons. The molecule has 0 unspecified atom stereocenters. The third-order valence-electron chi connectivity index (χ3n) is 3.17. The lowest BCUT2D eigenvalue weighted by Crippen LogP contribution is -2.39. The maximum absolute atomic E-state index is 11.7. The molecule has 2 N–H and O–H groups in total. The Balaban J connectivity index is 1.66. The van der Waals surface area contributed by atoms with Crippen molar-refractivity contribution in [1.82, 2.24) is 10.6 Å². The number of anilines is 1. The highest BCUT2D eigenvalue weighted by Crippen LogP contribution is 2.13. The molecule has 0 fully saturated rings. The normalized spacial score (nSPS) is 10.2. The molecule has 122 valence electrons. The van der Waals surface area contributed by atoms with Crippen LogP contribution in [-0.4, -0.2) is 38.5 Å². The molecule has 1 aromatic carbocycles. The number of nitrogens with zero attached hydrogens (tertiary/aromatic N) is 1. The molecule has 2 aromatic rings. The van der Waals surface area contributed by atoms with Gasteiger partial charge < -0.3 is 20.0 Å². The number of amides is 2. The Morgan fingerprint density at radius 1 is 1.13 bits per heavy atom. The molecule has 0 aliphatic rings. The summed E-state index contributed by atoms with van der Waals surface area (Å²) in [6, 6.07) is 13.0. The number of carbonyl (C=O) groups is 2. The van der Waals surface area contributed by atoms with E-state index in [9.17, 15) is 9.59 Å². The number of likely N-dealkylation sites (N-methyl/N-ethyl adjacent to an activating group) is 1. The highest BCUT2D eigenvalue weighted by Gasteiger charge is 2.11. The van der Waals surface area contributed by atoms with Gasteiger partial charge in [-0.2, -0.15) is 0 Å². The molecule has 1 heterocycles. The minimum absolute atomic E-state index is 0.0911. The van der Waals surface area contributed by atoms with Gasteiger partial charge in [-0.05, 0) is 40.2 Å². The highest BCUT2D eigenvalue weighted by atomic mass is 79.9. The average molecular weight is 380 g/mol. The van der Waals surface area contributed by atoms with E-state index < -0.39 is 5.91 Å². The summed E-state index contributed by atoms with van der Waals surface area (Å²) in [5, 5.41) is 5.26. The fourth-order valence-corrected chi connectivity index (χ4v) is 2.23. The second kappa shape index (κ2) is 8.38. The van der Waals surface area contributed by atoms with Gasteiger partial charge in [-0.3, -0.25) is 9.59 Å². The topological polar surface area (TPSA) is 74.6 Å². The van der Waals surface area contributed by atoms with Crippen LogP contribution in [0.5, 0.6) is 0 Å². The first-order valence-electron chi connectivity index (χ1n) is 7.12. The molecule has 0 spiro atoms. The lowest BCUT2D eigenvalue weighted by Gasteiger charge is -2.19. The third kappa shape index (κ3) is 5.45. The number of hydrogen-bond acceptors (Lipinski definition) is 4. The Morgan fingerprint density at radius 2 is 1.87 bits per heavy atom. The van der Waals surface area contributed by atoms with Gasteiger partial charge in [0.05, 0.1) is 6.54 Å². The van der Waals surface area contributed by atoms with Crippen LogP contribution in [0.25, 0.3) is 0 Å². The average Bonchev–Trinajstić information content (AvgIpc) is 3.00. The van der Waals surface area contributed by atoms with Gasteiger partial charge in [0.2, 0.25) is 5.91 Å². The Bertz CT molecular complexity index is 658. The van der Waals surface area contributed by atoms with E-state index in [4.69, 9.17) is 4.42 Å². The van der Waals surface area contributed by atoms with Crippen molar-refractivity contribution in [2.24, 2.45) is 0 Å². The summed E-state index contributed by atoms with van der Waals surface area (Å²) in [5.41, 5.74) is 1.08. The van der Waals surface area contributed by atoms with Crippen LogP contribution in [0.15, 0.2) is 51.6 Å². The second-order valence-corrected chi connectivity index (χ2v) is 5.68. The van der Waals surface area contributed by atoms with Gasteiger partial charge in [0.25, 0.3) is 5.91 Å². The van der Waals surface area contributed by atoms with Crippen molar-refractivity contribution in [3.05, 3.63) is 52.9 Å². The summed E-state index contributed by atoms with van der Waals surface area (Å²) in [4.78, 5) is 25.5. The maximum atomic E-state index is 11.7. The van der Waals surface area contributed by atoms with Gasteiger partial charge in [-0.25, -0.2) is 0 Å². The van der Waals surface area contributed by atoms with Crippen LogP contribution in [-0.2, 0) is 4.79 Å². The molecule has 0 aliphatic carbocycles. The molecule has 0 atom stereocenters. The van der Waals surface area contributed by atoms with Crippen LogP contribution >= 0.6 is 15.9 Å². The first-order valence-corrected chi connectivity index (χ1v) is 7.92. The maximum Gasteiger partial charge on any atom is 0.287 e. The van der Waals surface area contributed by atoms with Crippen molar-refractivity contribution in [1.29, 1.82) is 0 Å². The number of benzene rings is 1. The van der Waals surface area contributed by atoms with E-state index in [0.29, 0.717) is 17.8 Å². The van der Waals surface area contributed by atoms with Crippen molar-refractivity contribution in [2.45, 2.75) is 0 Å². The Hall–Kier alpha value is -2.28. The van der Waals surface area contributed by atoms with Crippen LogP contribution in [0, 0.1) is 0 Å². The first kappa shape index (κ1) is 17.1. The number of nitrogens with one attached hydrogen (secondary N) is 2. The number of para-hydroxylation sites is 1. The number of halogens is 1. The molecule has 7 heteroatoms. The largest absolute Gasteiger partial charge is 0.444 e. The van der Waals surface area contributed by atoms with Crippen LogP contribution in [0.4, 0.5) is 5.69 Å². The molecule has 0 bridgehead atoms. The summed E-state index contributed by atoms with van der Waals surface area (Å²) < 4.78 is 5.57. The molecule has 6 nitrogen and oxygen atoms in total. The monoisotopic (exact) mass is 379 g/mol. The van der Waals surface area contributed by atoms with Crippen LogP contribution in [0.2, 0.25) is 0 Å². The first-order chi connectivity index (χ1) is 11.1. The smallest absolute Gasteiger partial charge is 0.287 e. The van der Waals surface area contributed by atoms with Crippen molar-refractivity contribution >= 4 is 33.4 Å². The summed E-state index contributed by atoms with van der Waals surface area (Å²) in [7, 11) is 1.96. The summed E-state index contributed by atoms with van der Waals surface area (Å²) >= 11 is 3.12. The molecule has 0 saturated carbocycles. The number of furan rings is 1. The number of rotatable bonds is 7. The molecule has 2 amide bonds. The van der Waals surface area contributed by atoms with Crippen LogP contribution in [0.1, 0.15) is 10.6 Å². The molecule has 0 saturated heterocycles. The molecule has 1 aromatic heterocycles. The molecule has 2 rings (SSSR count). The fraction of sp³-hybridized carbons (Fsp3) is 0.250. The van der Waals surface area contributed by atoms with E-state index in [0.717, 1.165) is 5.69 Å². The zero-order valence-corrected chi connectivity index (χ0v) is 14.3. The predicted molar refractivity (Wildman–Crippen MR) is 91.5 cm³/mol. The second-order valence-electron chi connectivity index (χ2n) is 4.89. The minimum atomic E-state index is -0.424. The van der Waals surface area contributed by atoms with Gasteiger partial charge in [0, 0.05) is 25.8 Å². The number of hydrogen-bond donors (Lipinski definition) is 2. The quantitative estimate of drug-likeness (QED) is 0.771. The Kier molecular flexibility index (Phi) is 6.22.